The van der Waals surface area contributed by atoms with E-state index in [4.69, 9.17) is 22.3 Å². The van der Waals surface area contributed by atoms with Crippen LogP contribution in [0, 0.1) is 10.8 Å². The first kappa shape index (κ1) is 21.0. The number of rotatable bonds is 4. The van der Waals surface area contributed by atoms with Gasteiger partial charge in [-0.2, -0.15) is 0 Å². The number of hydrogen-bond donors (Lipinski definition) is 5. The van der Waals surface area contributed by atoms with E-state index < -0.39 is 0 Å². The number of guanidine groups is 1. The number of urea groups is 1. The van der Waals surface area contributed by atoms with Gasteiger partial charge >= 0.3 is 6.03 Å². The highest BCUT2D eigenvalue weighted by Crippen LogP contribution is 2.28. The highest BCUT2D eigenvalue weighted by molar-refractivity contribution is 5.98. The lowest BCUT2D eigenvalue weighted by Crippen LogP contribution is -2.53. The van der Waals surface area contributed by atoms with E-state index in [-0.39, 0.29) is 29.9 Å². The Bertz CT molecular complexity index is 734. The highest BCUT2D eigenvalue weighted by atomic mass is 16.2. The Hall–Kier alpha value is -2.77. The Kier molecular flexibility index (Phi) is 6.95. The van der Waals surface area contributed by atoms with E-state index in [2.05, 4.69) is 5.32 Å². The number of carbonyl (C=O) groups is 1. The van der Waals surface area contributed by atoms with Crippen LogP contribution < -0.4 is 21.7 Å². The number of nitrogens with one attached hydrogen (secondary N) is 3. The fourth-order valence-electron chi connectivity index (χ4n) is 4.34. The van der Waals surface area contributed by atoms with Crippen LogP contribution in [0.3, 0.4) is 0 Å². The molecule has 8 heteroatoms. The molecular formula is C21H33N7O. The number of piperidine rings is 1. The molecule has 158 valence electrons. The number of benzene rings is 1. The van der Waals surface area contributed by atoms with Crippen LogP contribution in [0.5, 0.6) is 0 Å². The van der Waals surface area contributed by atoms with Gasteiger partial charge in [-0.15, -0.1) is 0 Å². The number of nitrogens with two attached hydrogens (primary N) is 2. The van der Waals surface area contributed by atoms with Gasteiger partial charge in [0.1, 0.15) is 5.84 Å². The lowest BCUT2D eigenvalue weighted by molar-refractivity contribution is 0.228. The van der Waals surface area contributed by atoms with Crippen molar-refractivity contribution in [3.63, 3.8) is 0 Å². The summed E-state index contributed by atoms with van der Waals surface area (Å²) in [5, 5.41) is 18.5. The van der Waals surface area contributed by atoms with Crippen LogP contribution in [0.1, 0.15) is 56.9 Å². The third-order valence-corrected chi connectivity index (χ3v) is 6.01. The predicted molar refractivity (Wildman–Crippen MR) is 116 cm³/mol. The smallest absolute Gasteiger partial charge is 0.322 e. The van der Waals surface area contributed by atoms with Crippen molar-refractivity contribution in [2.75, 3.05) is 18.0 Å². The Morgan fingerprint density at radius 3 is 2.28 bits per heavy atom. The van der Waals surface area contributed by atoms with Gasteiger partial charge in [-0.25, -0.2) is 4.79 Å². The van der Waals surface area contributed by atoms with Gasteiger partial charge < -0.3 is 21.7 Å². The molecule has 2 fully saturated rings. The van der Waals surface area contributed by atoms with Gasteiger partial charge in [-0.3, -0.25) is 15.7 Å². The standard InChI is InChI=1S/C21H33N7O/c22-19(23)15-6-5-9-18(14-15)28(17-7-3-1-2-4-8-17)21(29)26-16-10-12-27(13-11-16)20(24)25/h5-6,9,14,16-17H,1-4,7-8,10-13H2,(H3,22,23)(H3,24,25)(H,26,29). The first-order valence-corrected chi connectivity index (χ1v) is 10.6. The van der Waals surface area contributed by atoms with Crippen LogP contribution in [0.25, 0.3) is 0 Å². The van der Waals surface area contributed by atoms with Crippen LogP contribution in [0.2, 0.25) is 0 Å². The number of carbonyl (C=O) groups excluding carboxylic acids is 1. The Balaban J connectivity index is 1.77. The second-order valence-electron chi connectivity index (χ2n) is 8.08. The normalized spacial score (nSPS) is 18.7. The quantitative estimate of drug-likeness (QED) is 0.302. The summed E-state index contributed by atoms with van der Waals surface area (Å²) in [6.45, 7) is 1.37. The van der Waals surface area contributed by atoms with Crippen molar-refractivity contribution in [3.05, 3.63) is 29.8 Å². The molecule has 0 bridgehead atoms. The molecular weight excluding hydrogens is 366 g/mol. The maximum absolute atomic E-state index is 13.4. The van der Waals surface area contributed by atoms with E-state index in [9.17, 15) is 4.79 Å². The summed E-state index contributed by atoms with van der Waals surface area (Å²) >= 11 is 0. The topological polar surface area (TPSA) is 135 Å². The maximum atomic E-state index is 13.4. The molecule has 0 radical (unpaired) electrons. The molecule has 3 rings (SSSR count). The third-order valence-electron chi connectivity index (χ3n) is 6.01. The molecule has 1 saturated carbocycles. The van der Waals surface area contributed by atoms with E-state index in [1.54, 1.807) is 6.07 Å². The first-order valence-electron chi connectivity index (χ1n) is 10.6. The summed E-state index contributed by atoms with van der Waals surface area (Å²) in [5.41, 5.74) is 12.7. The minimum atomic E-state index is -0.0844. The molecule has 1 saturated heterocycles. The zero-order valence-corrected chi connectivity index (χ0v) is 17.0. The molecule has 29 heavy (non-hydrogen) atoms. The molecule has 1 aliphatic heterocycles. The van der Waals surface area contributed by atoms with Crippen LogP contribution in [-0.2, 0) is 0 Å². The Morgan fingerprint density at radius 1 is 1.03 bits per heavy atom. The molecule has 1 aromatic rings. The monoisotopic (exact) mass is 399 g/mol. The molecule has 0 spiro atoms. The van der Waals surface area contributed by atoms with Crippen LogP contribution in [0.15, 0.2) is 24.3 Å². The van der Waals surface area contributed by atoms with Crippen LogP contribution in [0.4, 0.5) is 10.5 Å². The minimum Gasteiger partial charge on any atom is -0.384 e. The van der Waals surface area contributed by atoms with Crippen molar-refractivity contribution in [1.29, 1.82) is 10.8 Å². The van der Waals surface area contributed by atoms with Crippen molar-refractivity contribution >= 4 is 23.5 Å². The minimum absolute atomic E-state index is 0.00433. The summed E-state index contributed by atoms with van der Waals surface area (Å²) in [6.07, 6.45) is 8.19. The summed E-state index contributed by atoms with van der Waals surface area (Å²) in [7, 11) is 0. The largest absolute Gasteiger partial charge is 0.384 e. The van der Waals surface area contributed by atoms with E-state index in [0.717, 1.165) is 44.2 Å². The fraction of sp³-hybridized carbons (Fsp3) is 0.571. The second kappa shape index (κ2) is 9.62. The number of nitrogen functional groups attached to an aromatic ring is 1. The lowest BCUT2D eigenvalue weighted by atomic mass is 10.0. The maximum Gasteiger partial charge on any atom is 0.322 e. The molecule has 1 heterocycles. The number of amidine groups is 1. The molecule has 8 nitrogen and oxygen atoms in total. The first-order chi connectivity index (χ1) is 14.0. The molecule has 2 aliphatic rings. The van der Waals surface area contributed by atoms with Gasteiger partial charge in [0.25, 0.3) is 0 Å². The Morgan fingerprint density at radius 2 is 1.69 bits per heavy atom. The molecule has 2 amide bonds. The SMILES string of the molecule is N=C(N)c1cccc(N(C(=O)NC2CCN(C(=N)N)CC2)C2CCCCCC2)c1. The zero-order chi connectivity index (χ0) is 20.8. The lowest BCUT2D eigenvalue weighted by Gasteiger charge is -2.36. The molecule has 1 aromatic carbocycles. The van der Waals surface area contributed by atoms with Gasteiger partial charge in [0.15, 0.2) is 5.96 Å². The van der Waals surface area contributed by atoms with Crippen LogP contribution >= 0.6 is 0 Å². The second-order valence-corrected chi connectivity index (χ2v) is 8.08. The molecule has 7 N–H and O–H groups in total. The predicted octanol–water partition coefficient (Wildman–Crippen LogP) is 2.57. The van der Waals surface area contributed by atoms with Crippen LogP contribution in [-0.4, -0.2) is 47.9 Å². The average Bonchev–Trinajstić information content (AvgIpc) is 2.98. The van der Waals surface area contributed by atoms with Crippen molar-refractivity contribution in [3.8, 4) is 0 Å². The number of anilines is 1. The fourth-order valence-corrected chi connectivity index (χ4v) is 4.34. The zero-order valence-electron chi connectivity index (χ0n) is 17.0. The van der Waals surface area contributed by atoms with Gasteiger partial charge in [0.05, 0.1) is 0 Å². The van der Waals surface area contributed by atoms with E-state index in [1.807, 2.05) is 28.0 Å². The molecule has 1 aliphatic carbocycles. The van der Waals surface area contributed by atoms with E-state index >= 15 is 0 Å². The van der Waals surface area contributed by atoms with Gasteiger partial charge in [0, 0.05) is 36.4 Å². The highest BCUT2D eigenvalue weighted by Gasteiger charge is 2.29. The van der Waals surface area contributed by atoms with Gasteiger partial charge in [-0.05, 0) is 37.8 Å². The number of nitrogens with zero attached hydrogens (tertiary/aromatic N) is 2. The van der Waals surface area contributed by atoms with Crippen molar-refractivity contribution < 1.29 is 4.79 Å². The number of hydrogen-bond acceptors (Lipinski definition) is 3. The number of likely N-dealkylation sites (tertiary alicyclic amines) is 1. The summed E-state index contributed by atoms with van der Waals surface area (Å²) in [6, 6.07) is 7.56. The van der Waals surface area contributed by atoms with Crippen molar-refractivity contribution in [2.24, 2.45) is 11.5 Å². The van der Waals surface area contributed by atoms with Gasteiger partial charge in [0.2, 0.25) is 0 Å². The average molecular weight is 400 g/mol. The summed E-state index contributed by atoms with van der Waals surface area (Å²) < 4.78 is 0. The third kappa shape index (κ3) is 5.40. The van der Waals surface area contributed by atoms with Crippen molar-refractivity contribution in [1.82, 2.24) is 10.2 Å². The molecule has 0 aromatic heterocycles. The molecule has 0 unspecified atom stereocenters. The van der Waals surface area contributed by atoms with E-state index in [0.29, 0.717) is 18.7 Å². The van der Waals surface area contributed by atoms with Gasteiger partial charge in [-0.1, -0.05) is 37.8 Å². The number of amides is 2. The van der Waals surface area contributed by atoms with Crippen molar-refractivity contribution in [2.45, 2.75) is 63.5 Å². The Labute approximate surface area is 172 Å². The summed E-state index contributed by atoms with van der Waals surface area (Å²) in [5.74, 6) is 0.0978. The molecule has 0 atom stereocenters. The van der Waals surface area contributed by atoms with E-state index in [1.165, 1.54) is 12.8 Å². The summed E-state index contributed by atoms with van der Waals surface area (Å²) in [4.78, 5) is 17.1.